The molecule has 5 heterocycles. The molecule has 6 rings (SSSR count). The number of hydrogen-bond acceptors (Lipinski definition) is 7. The van der Waals surface area contributed by atoms with E-state index in [1.807, 2.05) is 42.4 Å². The SMILES string of the molecule is C=CC(=O)N1Cc2cc(-c3nc(-c4cnn(C)c4)c4ccsc4c3-c3c(F)cc(F)cc3OCCO)nn2CC1C. The number of carbonyl (C=O) groups excluding carboxylic acids is 1. The van der Waals surface area contributed by atoms with E-state index in [9.17, 15) is 14.3 Å². The molecule has 0 bridgehead atoms. The summed E-state index contributed by atoms with van der Waals surface area (Å²) < 4.78 is 40.0. The molecule has 1 unspecified atom stereocenters. The van der Waals surface area contributed by atoms with Crippen LogP contribution < -0.4 is 4.74 Å². The Balaban J connectivity index is 1.63. The van der Waals surface area contributed by atoms with E-state index in [2.05, 4.69) is 11.7 Å². The summed E-state index contributed by atoms with van der Waals surface area (Å²) in [4.78, 5) is 19.2. The number of amides is 1. The lowest BCUT2D eigenvalue weighted by atomic mass is 9.97. The molecule has 1 aliphatic rings. The van der Waals surface area contributed by atoms with Crippen LogP contribution in [0.25, 0.3) is 43.9 Å². The van der Waals surface area contributed by atoms with E-state index >= 15 is 4.39 Å². The molecular formula is C29H26F2N6O3S. The minimum absolute atomic E-state index is 0.0235. The first-order chi connectivity index (χ1) is 19.8. The highest BCUT2D eigenvalue weighted by Gasteiger charge is 2.30. The predicted molar refractivity (Wildman–Crippen MR) is 151 cm³/mol. The Morgan fingerprint density at radius 1 is 1.27 bits per heavy atom. The lowest BCUT2D eigenvalue weighted by Gasteiger charge is -2.33. The molecule has 0 fully saturated rings. The second kappa shape index (κ2) is 10.5. The number of thiophene rings is 1. The van der Waals surface area contributed by atoms with E-state index in [1.54, 1.807) is 15.8 Å². The lowest BCUT2D eigenvalue weighted by Crippen LogP contribution is -2.44. The van der Waals surface area contributed by atoms with Crippen molar-refractivity contribution in [3.8, 4) is 39.5 Å². The van der Waals surface area contributed by atoms with Gasteiger partial charge in [0.25, 0.3) is 0 Å². The predicted octanol–water partition coefficient (Wildman–Crippen LogP) is 4.79. The fourth-order valence-electron chi connectivity index (χ4n) is 5.22. The van der Waals surface area contributed by atoms with Gasteiger partial charge in [-0.1, -0.05) is 6.58 Å². The molecule has 41 heavy (non-hydrogen) atoms. The topological polar surface area (TPSA) is 98.3 Å². The number of carbonyl (C=O) groups is 1. The van der Waals surface area contributed by atoms with E-state index in [0.29, 0.717) is 40.4 Å². The van der Waals surface area contributed by atoms with Crippen LogP contribution in [0.3, 0.4) is 0 Å². The van der Waals surface area contributed by atoms with E-state index in [0.717, 1.165) is 28.8 Å². The molecule has 1 atom stereocenters. The van der Waals surface area contributed by atoms with Crippen molar-refractivity contribution in [2.75, 3.05) is 13.2 Å². The number of rotatable bonds is 7. The number of aromatic nitrogens is 5. The Morgan fingerprint density at radius 2 is 2.10 bits per heavy atom. The molecule has 0 radical (unpaired) electrons. The zero-order chi connectivity index (χ0) is 28.8. The second-order valence-electron chi connectivity index (χ2n) is 9.81. The highest BCUT2D eigenvalue weighted by Crippen LogP contribution is 2.47. The lowest BCUT2D eigenvalue weighted by molar-refractivity contribution is -0.129. The van der Waals surface area contributed by atoms with Crippen LogP contribution in [0.15, 0.2) is 54.7 Å². The van der Waals surface area contributed by atoms with Crippen LogP contribution in [0.5, 0.6) is 5.75 Å². The summed E-state index contributed by atoms with van der Waals surface area (Å²) in [5.74, 6) is -1.86. The van der Waals surface area contributed by atoms with Crippen molar-refractivity contribution >= 4 is 27.3 Å². The number of benzene rings is 1. The maximum absolute atomic E-state index is 15.7. The third-order valence-corrected chi connectivity index (χ3v) is 8.00. The van der Waals surface area contributed by atoms with E-state index in [4.69, 9.17) is 14.8 Å². The zero-order valence-corrected chi connectivity index (χ0v) is 23.2. The molecule has 0 saturated heterocycles. The first kappa shape index (κ1) is 26.8. The minimum Gasteiger partial charge on any atom is -0.490 e. The summed E-state index contributed by atoms with van der Waals surface area (Å²) in [6.45, 7) is 5.85. The number of fused-ring (bicyclic) bond motifs is 2. The number of aliphatic hydroxyl groups is 1. The molecule has 9 nitrogen and oxygen atoms in total. The number of ether oxygens (including phenoxy) is 1. The molecule has 1 aromatic carbocycles. The van der Waals surface area contributed by atoms with Gasteiger partial charge >= 0.3 is 0 Å². The summed E-state index contributed by atoms with van der Waals surface area (Å²) in [5.41, 5.74) is 3.44. The van der Waals surface area contributed by atoms with Crippen molar-refractivity contribution in [1.82, 2.24) is 29.4 Å². The van der Waals surface area contributed by atoms with Gasteiger partial charge in [0, 0.05) is 52.6 Å². The van der Waals surface area contributed by atoms with Crippen molar-refractivity contribution in [3.63, 3.8) is 0 Å². The molecule has 1 aliphatic heterocycles. The standard InChI is InChI=1S/C29H26F2N6O3S/c1-4-24(39)36-15-19-11-22(34-37(19)13-16(36)2)28-26(25-21(31)9-18(30)10-23(25)40-7-6-38)29-20(5-8-41-29)27(33-28)17-12-32-35(3)14-17/h4-5,8-12,14,16,38H,1,6-7,13,15H2,2-3H3. The average molecular weight is 577 g/mol. The van der Waals surface area contributed by atoms with Crippen molar-refractivity contribution in [1.29, 1.82) is 0 Å². The monoisotopic (exact) mass is 576 g/mol. The van der Waals surface area contributed by atoms with Crippen LogP contribution in [0.1, 0.15) is 12.6 Å². The van der Waals surface area contributed by atoms with E-state index in [-0.39, 0.29) is 36.5 Å². The summed E-state index contributed by atoms with van der Waals surface area (Å²) in [7, 11) is 1.81. The van der Waals surface area contributed by atoms with Gasteiger partial charge in [-0.25, -0.2) is 13.8 Å². The molecule has 0 spiro atoms. The number of halogens is 2. The fraction of sp³-hybridized carbons (Fsp3) is 0.241. The summed E-state index contributed by atoms with van der Waals surface area (Å²) >= 11 is 1.39. The van der Waals surface area contributed by atoms with Gasteiger partial charge in [0.15, 0.2) is 0 Å². The number of hydrogen-bond donors (Lipinski definition) is 1. The van der Waals surface area contributed by atoms with Crippen LogP contribution in [0, 0.1) is 11.6 Å². The maximum Gasteiger partial charge on any atom is 0.246 e. The van der Waals surface area contributed by atoms with Gasteiger partial charge < -0.3 is 14.7 Å². The van der Waals surface area contributed by atoms with Crippen LogP contribution in [0.4, 0.5) is 8.78 Å². The van der Waals surface area contributed by atoms with Gasteiger partial charge in [0.2, 0.25) is 5.91 Å². The van der Waals surface area contributed by atoms with Gasteiger partial charge in [0.1, 0.15) is 35.4 Å². The number of pyridine rings is 1. The first-order valence-corrected chi connectivity index (χ1v) is 13.8. The molecular weight excluding hydrogens is 550 g/mol. The Bertz CT molecular complexity index is 1810. The van der Waals surface area contributed by atoms with Crippen molar-refractivity contribution in [2.45, 2.75) is 26.1 Å². The van der Waals surface area contributed by atoms with Gasteiger partial charge in [-0.2, -0.15) is 10.2 Å². The quantitative estimate of drug-likeness (QED) is 0.280. The summed E-state index contributed by atoms with van der Waals surface area (Å²) in [6, 6.07) is 5.52. The van der Waals surface area contributed by atoms with Crippen LogP contribution in [0.2, 0.25) is 0 Å². The van der Waals surface area contributed by atoms with E-state index in [1.165, 1.54) is 17.4 Å². The average Bonchev–Trinajstić information content (AvgIpc) is 3.70. The summed E-state index contributed by atoms with van der Waals surface area (Å²) in [5, 5.41) is 21.2. The van der Waals surface area contributed by atoms with Crippen LogP contribution in [-0.4, -0.2) is 59.7 Å². The molecule has 12 heteroatoms. The van der Waals surface area contributed by atoms with Crippen molar-refractivity contribution < 1.29 is 23.4 Å². The molecule has 4 aromatic heterocycles. The van der Waals surface area contributed by atoms with Crippen LogP contribution in [-0.2, 0) is 24.9 Å². The molecule has 5 aromatic rings. The number of aliphatic hydroxyl groups excluding tert-OH is 1. The van der Waals surface area contributed by atoms with Crippen LogP contribution >= 0.6 is 11.3 Å². The molecule has 0 saturated carbocycles. The Labute approximate surface area is 237 Å². The largest absolute Gasteiger partial charge is 0.490 e. The van der Waals surface area contributed by atoms with Gasteiger partial charge in [-0.3, -0.25) is 14.2 Å². The third-order valence-electron chi connectivity index (χ3n) is 7.07. The fourth-order valence-corrected chi connectivity index (χ4v) is 6.16. The van der Waals surface area contributed by atoms with E-state index < -0.39 is 11.6 Å². The van der Waals surface area contributed by atoms with Gasteiger partial charge in [-0.15, -0.1) is 11.3 Å². The highest BCUT2D eigenvalue weighted by atomic mass is 32.1. The van der Waals surface area contributed by atoms with Crippen molar-refractivity contribution in [3.05, 3.63) is 72.0 Å². The number of nitrogens with zero attached hydrogens (tertiary/aromatic N) is 6. The number of aryl methyl sites for hydroxylation is 1. The second-order valence-corrected chi connectivity index (χ2v) is 10.7. The molecule has 1 amide bonds. The molecule has 210 valence electrons. The van der Waals surface area contributed by atoms with Crippen molar-refractivity contribution in [2.24, 2.45) is 7.05 Å². The zero-order valence-electron chi connectivity index (χ0n) is 22.3. The Kier molecular flexibility index (Phi) is 6.88. The smallest absolute Gasteiger partial charge is 0.246 e. The third kappa shape index (κ3) is 4.68. The molecule has 0 aliphatic carbocycles. The maximum atomic E-state index is 15.7. The first-order valence-electron chi connectivity index (χ1n) is 12.9. The minimum atomic E-state index is -0.829. The Hall–Kier alpha value is -4.42. The van der Waals surface area contributed by atoms with Gasteiger partial charge in [-0.05, 0) is 30.5 Å². The molecule has 1 N–H and O–H groups in total. The summed E-state index contributed by atoms with van der Waals surface area (Å²) in [6.07, 6.45) is 4.84. The Morgan fingerprint density at radius 3 is 2.83 bits per heavy atom. The van der Waals surface area contributed by atoms with Gasteiger partial charge in [0.05, 0.1) is 42.8 Å². The normalized spacial score (nSPS) is 14.9. The highest BCUT2D eigenvalue weighted by molar-refractivity contribution is 7.18.